The summed E-state index contributed by atoms with van der Waals surface area (Å²) in [5.41, 5.74) is 4.32. The van der Waals surface area contributed by atoms with E-state index in [0.29, 0.717) is 5.92 Å². The summed E-state index contributed by atoms with van der Waals surface area (Å²) in [5.74, 6) is 0.603. The third-order valence-electron chi connectivity index (χ3n) is 3.49. The second kappa shape index (κ2) is 4.58. The molecule has 0 aliphatic heterocycles. The Bertz CT molecular complexity index is 523. The lowest BCUT2D eigenvalue weighted by Crippen LogP contribution is -1.96. The van der Waals surface area contributed by atoms with E-state index in [4.69, 9.17) is 0 Å². The Hall–Kier alpha value is -1.82. The molecule has 2 aromatic carbocycles. The summed E-state index contributed by atoms with van der Waals surface area (Å²) in [6, 6.07) is 19.5. The van der Waals surface area contributed by atoms with Crippen LogP contribution in [-0.2, 0) is 6.42 Å². The van der Waals surface area contributed by atoms with Gasteiger partial charge in [0.1, 0.15) is 0 Å². The fourth-order valence-electron chi connectivity index (χ4n) is 2.54. The molecule has 1 aliphatic carbocycles. The lowest BCUT2D eigenvalue weighted by Gasteiger charge is -2.10. The van der Waals surface area contributed by atoms with Crippen LogP contribution < -0.4 is 0 Å². The van der Waals surface area contributed by atoms with Crippen molar-refractivity contribution >= 4 is 6.08 Å². The molecule has 0 bridgehead atoms. The first-order valence-corrected chi connectivity index (χ1v) is 6.24. The Kier molecular flexibility index (Phi) is 2.79. The van der Waals surface area contributed by atoms with Gasteiger partial charge in [-0.1, -0.05) is 66.7 Å². The zero-order chi connectivity index (χ0) is 11.5. The lowest BCUT2D eigenvalue weighted by atomic mass is 9.94. The van der Waals surface area contributed by atoms with E-state index in [2.05, 4.69) is 66.7 Å². The largest absolute Gasteiger partial charge is 0.0764 e. The molecule has 0 fully saturated rings. The first-order chi connectivity index (χ1) is 8.43. The molecule has 0 heteroatoms. The topological polar surface area (TPSA) is 0 Å². The number of rotatable bonds is 3. The molecule has 0 saturated carbocycles. The number of hydrogen-bond donors (Lipinski definition) is 0. The molecule has 0 nitrogen and oxygen atoms in total. The van der Waals surface area contributed by atoms with Crippen LogP contribution in [0.4, 0.5) is 0 Å². The van der Waals surface area contributed by atoms with E-state index in [1.54, 1.807) is 0 Å². The van der Waals surface area contributed by atoms with Gasteiger partial charge in [-0.2, -0.15) is 0 Å². The summed E-state index contributed by atoms with van der Waals surface area (Å²) in [7, 11) is 0. The zero-order valence-electron chi connectivity index (χ0n) is 9.84. The standard InChI is InChI=1S/C17H16/c1-2-6-14(7-3-1)10-11-16-13-12-15-8-4-5-9-17(15)16/h1-9,12-13,16H,10-11H2. The average molecular weight is 220 g/mol. The third kappa shape index (κ3) is 2.16. The molecule has 3 rings (SSSR count). The quantitative estimate of drug-likeness (QED) is 0.717. The molecule has 1 aliphatic rings. The lowest BCUT2D eigenvalue weighted by molar-refractivity contribution is 0.745. The monoisotopic (exact) mass is 220 g/mol. The highest BCUT2D eigenvalue weighted by Gasteiger charge is 2.15. The minimum atomic E-state index is 0.603. The van der Waals surface area contributed by atoms with Gasteiger partial charge in [-0.3, -0.25) is 0 Å². The van der Waals surface area contributed by atoms with Gasteiger partial charge >= 0.3 is 0 Å². The van der Waals surface area contributed by atoms with Crippen LogP contribution >= 0.6 is 0 Å². The number of hydrogen-bond acceptors (Lipinski definition) is 0. The van der Waals surface area contributed by atoms with Gasteiger partial charge in [0.15, 0.2) is 0 Å². The molecule has 0 radical (unpaired) electrons. The molecule has 0 N–H and O–H groups in total. The first-order valence-electron chi connectivity index (χ1n) is 6.24. The molecule has 84 valence electrons. The normalized spacial score (nSPS) is 17.1. The highest BCUT2D eigenvalue weighted by atomic mass is 14.2. The summed E-state index contributed by atoms with van der Waals surface area (Å²) in [6.45, 7) is 0. The van der Waals surface area contributed by atoms with Gasteiger partial charge in [-0.15, -0.1) is 0 Å². The van der Waals surface area contributed by atoms with E-state index < -0.39 is 0 Å². The minimum absolute atomic E-state index is 0.603. The highest BCUT2D eigenvalue weighted by Crippen LogP contribution is 2.32. The Morgan fingerprint density at radius 1 is 0.824 bits per heavy atom. The molecule has 1 atom stereocenters. The third-order valence-corrected chi connectivity index (χ3v) is 3.49. The van der Waals surface area contributed by atoms with Crippen molar-refractivity contribution in [2.24, 2.45) is 0 Å². The zero-order valence-corrected chi connectivity index (χ0v) is 9.84. The van der Waals surface area contributed by atoms with Crippen LogP contribution in [-0.4, -0.2) is 0 Å². The molecule has 0 amide bonds. The summed E-state index contributed by atoms with van der Waals surface area (Å²) in [5, 5.41) is 0. The Labute approximate surface area is 103 Å². The second-order valence-corrected chi connectivity index (χ2v) is 4.62. The molecule has 1 unspecified atom stereocenters. The number of allylic oxidation sites excluding steroid dienone is 1. The summed E-state index contributed by atoms with van der Waals surface area (Å²) < 4.78 is 0. The fourth-order valence-corrected chi connectivity index (χ4v) is 2.54. The van der Waals surface area contributed by atoms with Crippen LogP contribution in [0.5, 0.6) is 0 Å². The molecule has 17 heavy (non-hydrogen) atoms. The second-order valence-electron chi connectivity index (χ2n) is 4.62. The maximum atomic E-state index is 2.34. The van der Waals surface area contributed by atoms with E-state index in [0.717, 1.165) is 6.42 Å². The summed E-state index contributed by atoms with van der Waals surface area (Å²) in [6.07, 6.45) is 6.96. The van der Waals surface area contributed by atoms with E-state index in [-0.39, 0.29) is 0 Å². The molecule has 0 spiro atoms. The Balaban J connectivity index is 1.70. The van der Waals surface area contributed by atoms with Crippen molar-refractivity contribution in [3.05, 3.63) is 77.4 Å². The minimum Gasteiger partial charge on any atom is -0.0764 e. The van der Waals surface area contributed by atoms with Gasteiger partial charge in [0.05, 0.1) is 0 Å². The van der Waals surface area contributed by atoms with Gasteiger partial charge in [0.2, 0.25) is 0 Å². The van der Waals surface area contributed by atoms with Crippen LogP contribution in [0.1, 0.15) is 29.0 Å². The van der Waals surface area contributed by atoms with E-state index in [1.165, 1.54) is 23.1 Å². The van der Waals surface area contributed by atoms with Crippen LogP contribution in [0, 0.1) is 0 Å². The predicted molar refractivity (Wildman–Crippen MR) is 73.0 cm³/mol. The molecule has 0 saturated heterocycles. The maximum Gasteiger partial charge on any atom is 0.00303 e. The smallest absolute Gasteiger partial charge is 0.00303 e. The Morgan fingerprint density at radius 2 is 1.59 bits per heavy atom. The molecule has 0 aromatic heterocycles. The van der Waals surface area contributed by atoms with Crippen molar-refractivity contribution in [2.75, 3.05) is 0 Å². The summed E-state index contributed by atoms with van der Waals surface area (Å²) >= 11 is 0. The molecule has 2 aromatic rings. The van der Waals surface area contributed by atoms with Crippen LogP contribution in [0.15, 0.2) is 60.7 Å². The van der Waals surface area contributed by atoms with E-state index in [9.17, 15) is 0 Å². The van der Waals surface area contributed by atoms with Crippen LogP contribution in [0.2, 0.25) is 0 Å². The number of benzene rings is 2. The van der Waals surface area contributed by atoms with Gasteiger partial charge < -0.3 is 0 Å². The van der Waals surface area contributed by atoms with E-state index >= 15 is 0 Å². The van der Waals surface area contributed by atoms with Crippen molar-refractivity contribution in [1.82, 2.24) is 0 Å². The molecular formula is C17H16. The molecular weight excluding hydrogens is 204 g/mol. The van der Waals surface area contributed by atoms with Crippen molar-refractivity contribution in [3.63, 3.8) is 0 Å². The van der Waals surface area contributed by atoms with E-state index in [1.807, 2.05) is 0 Å². The SMILES string of the molecule is C1=CC(CCc2ccccc2)c2ccccc21. The van der Waals surface area contributed by atoms with Crippen LogP contribution in [0.25, 0.3) is 6.08 Å². The van der Waals surface area contributed by atoms with Crippen molar-refractivity contribution in [1.29, 1.82) is 0 Å². The first kappa shape index (κ1) is 10.3. The predicted octanol–water partition coefficient (Wildman–Crippen LogP) is 4.43. The van der Waals surface area contributed by atoms with Gasteiger partial charge in [0, 0.05) is 5.92 Å². The fraction of sp³-hybridized carbons (Fsp3) is 0.176. The maximum absolute atomic E-state index is 2.34. The van der Waals surface area contributed by atoms with Crippen molar-refractivity contribution < 1.29 is 0 Å². The highest BCUT2D eigenvalue weighted by molar-refractivity contribution is 5.62. The van der Waals surface area contributed by atoms with Crippen LogP contribution in [0.3, 0.4) is 0 Å². The van der Waals surface area contributed by atoms with Crippen molar-refractivity contribution in [3.8, 4) is 0 Å². The average Bonchev–Trinajstić information content (AvgIpc) is 2.81. The number of fused-ring (bicyclic) bond motifs is 1. The van der Waals surface area contributed by atoms with Gasteiger partial charge in [-0.05, 0) is 29.5 Å². The number of aryl methyl sites for hydroxylation is 1. The Morgan fingerprint density at radius 3 is 2.47 bits per heavy atom. The van der Waals surface area contributed by atoms with Crippen molar-refractivity contribution in [2.45, 2.75) is 18.8 Å². The van der Waals surface area contributed by atoms with Gasteiger partial charge in [-0.25, -0.2) is 0 Å². The molecule has 0 heterocycles. The summed E-state index contributed by atoms with van der Waals surface area (Å²) in [4.78, 5) is 0. The van der Waals surface area contributed by atoms with Gasteiger partial charge in [0.25, 0.3) is 0 Å².